The number of nitrogens with zero attached hydrogens (tertiary/aromatic N) is 3. The molecule has 11 nitrogen and oxygen atoms in total. The molecule has 3 aliphatic rings. The molecular weight excluding hydrogens is 556 g/mol. The van der Waals surface area contributed by atoms with Gasteiger partial charge in [0.05, 0.1) is 21.6 Å². The number of amides is 3. The van der Waals surface area contributed by atoms with Crippen LogP contribution in [0, 0.1) is 16.0 Å². The van der Waals surface area contributed by atoms with E-state index >= 15 is 0 Å². The quantitative estimate of drug-likeness (QED) is 0.265. The van der Waals surface area contributed by atoms with Crippen molar-refractivity contribution in [2.75, 3.05) is 24.6 Å². The Hall–Kier alpha value is -3.97. The number of carbonyl (C=O) groups excluding carboxylic acids is 3. The van der Waals surface area contributed by atoms with Crippen molar-refractivity contribution < 1.29 is 24.0 Å². The molecule has 3 amide bonds. The normalized spacial score (nSPS) is 22.1. The van der Waals surface area contributed by atoms with E-state index in [2.05, 4.69) is 4.98 Å². The second kappa shape index (κ2) is 10.5. The van der Waals surface area contributed by atoms with Gasteiger partial charge in [0, 0.05) is 36.0 Å². The lowest BCUT2D eigenvalue weighted by Crippen LogP contribution is -2.38. The number of thiazole rings is 1. The first-order valence-electron chi connectivity index (χ1n) is 12.8. The van der Waals surface area contributed by atoms with Crippen LogP contribution in [0.1, 0.15) is 35.6 Å². The lowest BCUT2D eigenvalue weighted by molar-refractivity contribution is -0.384. The molecule has 3 aliphatic heterocycles. The highest BCUT2D eigenvalue weighted by Crippen LogP contribution is 2.53. The number of rotatable bonds is 6. The first kappa shape index (κ1) is 26.3. The molecule has 0 bridgehead atoms. The van der Waals surface area contributed by atoms with Crippen LogP contribution in [0.4, 0.5) is 11.4 Å². The first-order valence-corrected chi connectivity index (χ1v) is 14.5. The molecule has 40 heavy (non-hydrogen) atoms. The predicted octanol–water partition coefficient (Wildman–Crippen LogP) is 3.53. The third-order valence-electron chi connectivity index (χ3n) is 7.45. The van der Waals surface area contributed by atoms with Crippen LogP contribution in [0.25, 0.3) is 0 Å². The number of nitrogens with one attached hydrogen (secondary N) is 1. The molecule has 1 aromatic heterocycles. The molecule has 0 aliphatic carbocycles. The van der Waals surface area contributed by atoms with Gasteiger partial charge in [-0.15, -0.1) is 0 Å². The number of ether oxygens (including phenoxy) is 1. The van der Waals surface area contributed by atoms with Crippen molar-refractivity contribution >= 4 is 52.2 Å². The van der Waals surface area contributed by atoms with Crippen LogP contribution in [0.5, 0.6) is 5.75 Å². The standard InChI is InChI=1S/C27H24N4O7S2/c32-19(29-12-2-1-3-13-29)14-38-18-10-4-15(5-11-18)20-21-23(39-24-22(20)40-27(35)28-24)26(34)30(25(21)33)16-6-8-17(9-7-16)31(36)37/h4-11,20-21,23H,1-3,12-14H2,(H,28,35)/t20-,21?,23?/m1/s1. The van der Waals surface area contributed by atoms with Crippen molar-refractivity contribution in [2.24, 2.45) is 5.92 Å². The fourth-order valence-electron chi connectivity index (χ4n) is 5.51. The van der Waals surface area contributed by atoms with E-state index < -0.39 is 33.8 Å². The number of H-pyrrole nitrogens is 1. The number of nitro groups is 1. The van der Waals surface area contributed by atoms with Crippen molar-refractivity contribution in [2.45, 2.75) is 35.5 Å². The van der Waals surface area contributed by atoms with E-state index in [1.807, 2.05) is 4.90 Å². The summed E-state index contributed by atoms with van der Waals surface area (Å²) in [6, 6.07) is 12.3. The highest BCUT2D eigenvalue weighted by molar-refractivity contribution is 8.00. The van der Waals surface area contributed by atoms with Gasteiger partial charge in [0.1, 0.15) is 11.0 Å². The number of aromatic nitrogens is 1. The van der Waals surface area contributed by atoms with Crippen LogP contribution in [-0.4, -0.2) is 57.5 Å². The minimum Gasteiger partial charge on any atom is -0.484 e. The minimum absolute atomic E-state index is 0.0564. The van der Waals surface area contributed by atoms with Gasteiger partial charge in [0.15, 0.2) is 6.61 Å². The summed E-state index contributed by atoms with van der Waals surface area (Å²) in [7, 11) is 0. The highest BCUT2D eigenvalue weighted by Gasteiger charge is 2.56. The van der Waals surface area contributed by atoms with E-state index in [1.165, 1.54) is 24.3 Å². The molecule has 0 saturated carbocycles. The van der Waals surface area contributed by atoms with Gasteiger partial charge in [0.2, 0.25) is 11.8 Å². The smallest absolute Gasteiger partial charge is 0.305 e. The number of hydrogen-bond acceptors (Lipinski definition) is 9. The monoisotopic (exact) mass is 580 g/mol. The van der Waals surface area contributed by atoms with E-state index in [0.29, 0.717) is 15.7 Å². The van der Waals surface area contributed by atoms with Crippen LogP contribution in [0.2, 0.25) is 0 Å². The number of fused-ring (bicyclic) bond motifs is 2. The molecule has 1 N–H and O–H groups in total. The zero-order chi connectivity index (χ0) is 28.0. The Bertz CT molecular complexity index is 1540. The molecule has 4 heterocycles. The van der Waals surface area contributed by atoms with Gasteiger partial charge in [-0.05, 0) is 49.1 Å². The molecule has 206 valence electrons. The SMILES string of the molecule is O=C(COc1ccc([C@H]2c3sc(=O)[nH]c3SC3C(=O)N(c4ccc([N+](=O)[O-])cc4)C(=O)C32)cc1)N1CCCCC1. The Kier molecular flexibility index (Phi) is 6.92. The summed E-state index contributed by atoms with van der Waals surface area (Å²) in [6.45, 7) is 1.43. The Balaban J connectivity index is 1.27. The van der Waals surface area contributed by atoms with Gasteiger partial charge in [-0.25, -0.2) is 4.90 Å². The molecule has 6 rings (SSSR count). The number of benzene rings is 2. The summed E-state index contributed by atoms with van der Waals surface area (Å²) in [5, 5.41) is 10.8. The van der Waals surface area contributed by atoms with Crippen LogP contribution < -0.4 is 14.5 Å². The second-order valence-electron chi connectivity index (χ2n) is 9.83. The second-order valence-corrected chi connectivity index (χ2v) is 12.0. The predicted molar refractivity (Wildman–Crippen MR) is 148 cm³/mol. The number of hydrogen-bond donors (Lipinski definition) is 1. The van der Waals surface area contributed by atoms with E-state index in [9.17, 15) is 29.3 Å². The lowest BCUT2D eigenvalue weighted by atomic mass is 9.83. The Morgan fingerprint density at radius 2 is 1.70 bits per heavy atom. The zero-order valence-corrected chi connectivity index (χ0v) is 22.7. The molecular formula is C27H24N4O7S2. The molecule has 0 radical (unpaired) electrons. The summed E-state index contributed by atoms with van der Waals surface area (Å²) in [5.41, 5.74) is 0.841. The van der Waals surface area contributed by atoms with E-state index in [0.717, 1.165) is 65.9 Å². The number of thioether (sulfide) groups is 1. The number of carbonyl (C=O) groups is 3. The Morgan fingerprint density at radius 3 is 2.38 bits per heavy atom. The third kappa shape index (κ3) is 4.68. The number of aromatic amines is 1. The molecule has 13 heteroatoms. The Labute approximate surface area is 236 Å². The van der Waals surface area contributed by atoms with Crippen LogP contribution in [-0.2, 0) is 14.4 Å². The maximum Gasteiger partial charge on any atom is 0.305 e. The number of likely N-dealkylation sites (tertiary alicyclic amines) is 1. The van der Waals surface area contributed by atoms with E-state index in [4.69, 9.17) is 4.74 Å². The summed E-state index contributed by atoms with van der Waals surface area (Å²) in [6.07, 6.45) is 3.13. The lowest BCUT2D eigenvalue weighted by Gasteiger charge is -2.30. The molecule has 2 aromatic carbocycles. The third-order valence-corrected chi connectivity index (χ3v) is 9.85. The molecule has 3 atom stereocenters. The summed E-state index contributed by atoms with van der Waals surface area (Å²) < 4.78 is 5.74. The van der Waals surface area contributed by atoms with Crippen molar-refractivity contribution in [3.63, 3.8) is 0 Å². The van der Waals surface area contributed by atoms with Gasteiger partial charge < -0.3 is 14.6 Å². The number of piperidine rings is 1. The van der Waals surface area contributed by atoms with Gasteiger partial charge in [0.25, 0.3) is 11.6 Å². The fraction of sp³-hybridized carbons (Fsp3) is 0.333. The fourth-order valence-corrected chi connectivity index (χ4v) is 8.02. The van der Waals surface area contributed by atoms with Crippen LogP contribution in [0.15, 0.2) is 58.4 Å². The van der Waals surface area contributed by atoms with Gasteiger partial charge >= 0.3 is 4.87 Å². The average Bonchev–Trinajstić information content (AvgIpc) is 3.46. The van der Waals surface area contributed by atoms with Crippen molar-refractivity contribution in [3.05, 3.63) is 78.8 Å². The first-order chi connectivity index (χ1) is 19.3. The number of non-ortho nitro benzene ring substituents is 1. The van der Waals surface area contributed by atoms with Crippen molar-refractivity contribution in [1.82, 2.24) is 9.88 Å². The maximum atomic E-state index is 13.8. The van der Waals surface area contributed by atoms with Gasteiger partial charge in [-0.2, -0.15) is 0 Å². The topological polar surface area (TPSA) is 143 Å². The molecule has 3 aromatic rings. The minimum atomic E-state index is -0.779. The zero-order valence-electron chi connectivity index (χ0n) is 21.1. The summed E-state index contributed by atoms with van der Waals surface area (Å²) in [5.74, 6) is -1.76. The van der Waals surface area contributed by atoms with Crippen LogP contribution >= 0.6 is 23.1 Å². The number of imide groups is 1. The summed E-state index contributed by atoms with van der Waals surface area (Å²) >= 11 is 2.17. The maximum absolute atomic E-state index is 13.8. The average molecular weight is 581 g/mol. The van der Waals surface area contributed by atoms with Gasteiger partial charge in [-0.1, -0.05) is 35.2 Å². The molecule has 2 saturated heterocycles. The van der Waals surface area contributed by atoms with E-state index in [1.54, 1.807) is 24.3 Å². The summed E-state index contributed by atoms with van der Waals surface area (Å²) in [4.78, 5) is 68.6. The highest BCUT2D eigenvalue weighted by atomic mass is 32.2. The van der Waals surface area contributed by atoms with Crippen molar-refractivity contribution in [1.29, 1.82) is 0 Å². The number of nitro benzene ring substituents is 1. The number of anilines is 1. The Morgan fingerprint density at radius 1 is 1.00 bits per heavy atom. The van der Waals surface area contributed by atoms with Crippen molar-refractivity contribution in [3.8, 4) is 5.75 Å². The molecule has 2 fully saturated rings. The van der Waals surface area contributed by atoms with E-state index in [-0.39, 0.29) is 28.8 Å². The van der Waals surface area contributed by atoms with Gasteiger partial charge in [-0.3, -0.25) is 29.3 Å². The molecule has 2 unspecified atom stereocenters. The van der Waals surface area contributed by atoms with Crippen LogP contribution in [0.3, 0.4) is 0 Å². The molecule has 0 spiro atoms. The largest absolute Gasteiger partial charge is 0.484 e.